The number of esters is 1. The molecule has 98 valence electrons. The van der Waals surface area contributed by atoms with Crippen LogP contribution in [-0.4, -0.2) is 23.1 Å². The molecule has 0 fully saturated rings. The standard InChI is InChI=1S/C13H15FO4/c1-9(15)18-12(13(16)17)4-2-3-10-5-7-11(14)8-6-10/h5-8,12H,2-4H2,1H3,(H,16,17)/t12-/m0/s1. The highest BCUT2D eigenvalue weighted by Gasteiger charge is 2.19. The molecule has 1 aromatic carbocycles. The van der Waals surface area contributed by atoms with Gasteiger partial charge >= 0.3 is 11.9 Å². The van der Waals surface area contributed by atoms with E-state index in [4.69, 9.17) is 5.11 Å². The fourth-order valence-corrected chi connectivity index (χ4v) is 1.58. The van der Waals surface area contributed by atoms with Gasteiger partial charge in [0.2, 0.25) is 0 Å². The van der Waals surface area contributed by atoms with E-state index < -0.39 is 18.0 Å². The summed E-state index contributed by atoms with van der Waals surface area (Å²) in [6.07, 6.45) is 0.302. The summed E-state index contributed by atoms with van der Waals surface area (Å²) in [6.45, 7) is 1.18. The molecule has 0 spiro atoms. The summed E-state index contributed by atoms with van der Waals surface area (Å²) in [6, 6.07) is 6.01. The Morgan fingerprint density at radius 3 is 2.44 bits per heavy atom. The second-order valence-corrected chi connectivity index (χ2v) is 3.96. The van der Waals surface area contributed by atoms with Crippen molar-refractivity contribution in [3.63, 3.8) is 0 Å². The van der Waals surface area contributed by atoms with Crippen LogP contribution in [0.25, 0.3) is 0 Å². The van der Waals surface area contributed by atoms with Crippen molar-refractivity contribution in [2.24, 2.45) is 0 Å². The van der Waals surface area contributed by atoms with Crippen LogP contribution in [0.3, 0.4) is 0 Å². The maximum absolute atomic E-state index is 12.7. The number of hydrogen-bond donors (Lipinski definition) is 1. The van der Waals surface area contributed by atoms with Gasteiger partial charge < -0.3 is 9.84 Å². The van der Waals surface area contributed by atoms with Crippen LogP contribution < -0.4 is 0 Å². The van der Waals surface area contributed by atoms with Gasteiger partial charge in [0.25, 0.3) is 0 Å². The van der Waals surface area contributed by atoms with E-state index in [9.17, 15) is 14.0 Å². The highest BCUT2D eigenvalue weighted by molar-refractivity contribution is 5.76. The quantitative estimate of drug-likeness (QED) is 0.790. The lowest BCUT2D eigenvalue weighted by Crippen LogP contribution is -2.26. The number of carboxylic acids is 1. The number of ether oxygens (including phenoxy) is 1. The van der Waals surface area contributed by atoms with E-state index in [1.165, 1.54) is 19.1 Å². The summed E-state index contributed by atoms with van der Waals surface area (Å²) in [5.74, 6) is -2.06. The number of hydrogen-bond acceptors (Lipinski definition) is 3. The number of carboxylic acid groups (broad SMARTS) is 1. The van der Waals surface area contributed by atoms with E-state index in [2.05, 4.69) is 4.74 Å². The molecule has 0 aliphatic rings. The molecule has 0 saturated heterocycles. The minimum absolute atomic E-state index is 0.242. The number of rotatable bonds is 6. The van der Waals surface area contributed by atoms with Crippen molar-refractivity contribution in [1.82, 2.24) is 0 Å². The zero-order chi connectivity index (χ0) is 13.5. The van der Waals surface area contributed by atoms with Gasteiger partial charge in [0.05, 0.1) is 0 Å². The average Bonchev–Trinajstić information content (AvgIpc) is 2.29. The Kier molecular flexibility index (Phi) is 5.30. The summed E-state index contributed by atoms with van der Waals surface area (Å²) in [5.41, 5.74) is 0.920. The van der Waals surface area contributed by atoms with Gasteiger partial charge in [0.1, 0.15) is 5.82 Å². The topological polar surface area (TPSA) is 63.6 Å². The molecule has 0 aliphatic heterocycles. The molecular formula is C13H15FO4. The number of halogens is 1. The lowest BCUT2D eigenvalue weighted by molar-refractivity contribution is -0.162. The molecule has 0 radical (unpaired) electrons. The van der Waals surface area contributed by atoms with Crippen LogP contribution in [0.5, 0.6) is 0 Å². The Morgan fingerprint density at radius 1 is 1.33 bits per heavy atom. The SMILES string of the molecule is CC(=O)O[C@@H](CCCc1ccc(F)cc1)C(=O)O. The molecule has 5 heteroatoms. The molecule has 0 heterocycles. The summed E-state index contributed by atoms with van der Waals surface area (Å²) in [7, 11) is 0. The van der Waals surface area contributed by atoms with Crippen molar-refractivity contribution >= 4 is 11.9 Å². The first-order valence-electron chi connectivity index (χ1n) is 5.63. The van der Waals surface area contributed by atoms with Gasteiger partial charge in [-0.1, -0.05) is 12.1 Å². The van der Waals surface area contributed by atoms with E-state index in [0.29, 0.717) is 12.8 Å². The lowest BCUT2D eigenvalue weighted by atomic mass is 10.1. The van der Waals surface area contributed by atoms with E-state index >= 15 is 0 Å². The number of benzene rings is 1. The third kappa shape index (κ3) is 4.95. The molecule has 1 atom stereocenters. The van der Waals surface area contributed by atoms with E-state index in [1.807, 2.05) is 0 Å². The third-order valence-corrected chi connectivity index (χ3v) is 2.43. The van der Waals surface area contributed by atoms with Crippen molar-refractivity contribution in [2.45, 2.75) is 32.3 Å². The van der Waals surface area contributed by atoms with Gasteiger partial charge in [0, 0.05) is 6.92 Å². The van der Waals surface area contributed by atoms with Gasteiger partial charge in [-0.15, -0.1) is 0 Å². The summed E-state index contributed by atoms with van der Waals surface area (Å²) in [4.78, 5) is 21.5. The maximum atomic E-state index is 12.7. The molecule has 0 saturated carbocycles. The van der Waals surface area contributed by atoms with Crippen LogP contribution in [0, 0.1) is 5.82 Å². The zero-order valence-corrected chi connectivity index (χ0v) is 10.1. The second kappa shape index (κ2) is 6.74. The van der Waals surface area contributed by atoms with Gasteiger partial charge in [-0.25, -0.2) is 9.18 Å². The molecule has 0 aliphatic carbocycles. The molecule has 0 bridgehead atoms. The van der Waals surface area contributed by atoms with Crippen LogP contribution in [0.1, 0.15) is 25.3 Å². The molecule has 18 heavy (non-hydrogen) atoms. The van der Waals surface area contributed by atoms with E-state index in [1.54, 1.807) is 12.1 Å². The fraction of sp³-hybridized carbons (Fsp3) is 0.385. The largest absolute Gasteiger partial charge is 0.479 e. The Bertz CT molecular complexity index is 414. The van der Waals surface area contributed by atoms with Gasteiger partial charge in [0.15, 0.2) is 6.10 Å². The molecule has 0 aromatic heterocycles. The number of aliphatic carboxylic acids is 1. The fourth-order valence-electron chi connectivity index (χ4n) is 1.58. The Hall–Kier alpha value is -1.91. The van der Waals surface area contributed by atoms with Crippen molar-refractivity contribution < 1.29 is 23.8 Å². The van der Waals surface area contributed by atoms with E-state index in [0.717, 1.165) is 5.56 Å². The second-order valence-electron chi connectivity index (χ2n) is 3.96. The average molecular weight is 254 g/mol. The van der Waals surface area contributed by atoms with Crippen LogP contribution in [0.2, 0.25) is 0 Å². The summed E-state index contributed by atoms with van der Waals surface area (Å²) >= 11 is 0. The molecule has 1 rings (SSSR count). The zero-order valence-electron chi connectivity index (χ0n) is 10.1. The minimum Gasteiger partial charge on any atom is -0.479 e. The number of carbonyl (C=O) groups is 2. The molecule has 0 unspecified atom stereocenters. The first-order chi connectivity index (χ1) is 8.49. The predicted molar refractivity (Wildman–Crippen MR) is 62.5 cm³/mol. The van der Waals surface area contributed by atoms with Crippen molar-refractivity contribution in [1.29, 1.82) is 0 Å². The third-order valence-electron chi connectivity index (χ3n) is 2.43. The molecular weight excluding hydrogens is 239 g/mol. The van der Waals surface area contributed by atoms with Gasteiger partial charge in [-0.05, 0) is 37.0 Å². The first-order valence-corrected chi connectivity index (χ1v) is 5.63. The van der Waals surface area contributed by atoms with Gasteiger partial charge in [-0.2, -0.15) is 0 Å². The Balaban J connectivity index is 2.41. The summed E-state index contributed by atoms with van der Waals surface area (Å²) in [5, 5.41) is 8.83. The van der Waals surface area contributed by atoms with Gasteiger partial charge in [-0.3, -0.25) is 4.79 Å². The highest BCUT2D eigenvalue weighted by Crippen LogP contribution is 2.10. The molecule has 4 nitrogen and oxygen atoms in total. The molecule has 0 amide bonds. The Labute approximate surface area is 104 Å². The number of aryl methyl sites for hydroxylation is 1. The van der Waals surface area contributed by atoms with Crippen LogP contribution >= 0.6 is 0 Å². The maximum Gasteiger partial charge on any atom is 0.345 e. The normalized spacial score (nSPS) is 11.9. The summed E-state index contributed by atoms with van der Waals surface area (Å²) < 4.78 is 17.3. The van der Waals surface area contributed by atoms with Crippen LogP contribution in [0.4, 0.5) is 4.39 Å². The van der Waals surface area contributed by atoms with Crippen molar-refractivity contribution in [3.8, 4) is 0 Å². The van der Waals surface area contributed by atoms with E-state index in [-0.39, 0.29) is 12.2 Å². The van der Waals surface area contributed by atoms with Crippen molar-refractivity contribution in [2.75, 3.05) is 0 Å². The predicted octanol–water partition coefficient (Wildman–Crippen LogP) is 2.16. The first kappa shape index (κ1) is 14.2. The monoisotopic (exact) mass is 254 g/mol. The van der Waals surface area contributed by atoms with Crippen LogP contribution in [0.15, 0.2) is 24.3 Å². The minimum atomic E-state index is -1.15. The highest BCUT2D eigenvalue weighted by atomic mass is 19.1. The number of carbonyl (C=O) groups excluding carboxylic acids is 1. The molecule has 1 N–H and O–H groups in total. The molecule has 1 aromatic rings. The Morgan fingerprint density at radius 2 is 1.94 bits per heavy atom. The van der Waals surface area contributed by atoms with Crippen molar-refractivity contribution in [3.05, 3.63) is 35.6 Å². The smallest absolute Gasteiger partial charge is 0.345 e. The van der Waals surface area contributed by atoms with Crippen LogP contribution in [-0.2, 0) is 20.7 Å². The lowest BCUT2D eigenvalue weighted by Gasteiger charge is -2.12.